The summed E-state index contributed by atoms with van der Waals surface area (Å²) >= 11 is 6.39. The molecule has 2 heterocycles. The van der Waals surface area contributed by atoms with Crippen LogP contribution in [0.5, 0.6) is 0 Å². The Hall–Kier alpha value is -2.89. The van der Waals surface area contributed by atoms with Gasteiger partial charge in [0.25, 0.3) is 0 Å². The first-order valence-corrected chi connectivity index (χ1v) is 11.0. The van der Waals surface area contributed by atoms with Gasteiger partial charge in [0.15, 0.2) is 5.78 Å². The van der Waals surface area contributed by atoms with Crippen molar-refractivity contribution in [1.29, 1.82) is 0 Å². The number of hydrogen-bond acceptors (Lipinski definition) is 3. The van der Waals surface area contributed by atoms with E-state index in [1.165, 1.54) is 5.39 Å². The summed E-state index contributed by atoms with van der Waals surface area (Å²) in [6.07, 6.45) is 0. The largest absolute Gasteiger partial charge is 0.357 e. The fourth-order valence-corrected chi connectivity index (χ4v) is 4.76. The van der Waals surface area contributed by atoms with Gasteiger partial charge in [-0.2, -0.15) is 12.6 Å². The van der Waals surface area contributed by atoms with Crippen molar-refractivity contribution >= 4 is 52.0 Å². The maximum Gasteiger partial charge on any atom is 0.184 e. The fourth-order valence-electron chi connectivity index (χ4n) is 3.64. The first-order chi connectivity index (χ1) is 14.5. The van der Waals surface area contributed by atoms with E-state index in [2.05, 4.69) is 28.2 Å². The van der Waals surface area contributed by atoms with Gasteiger partial charge in [-0.25, -0.2) is 0 Å². The van der Waals surface area contributed by atoms with Gasteiger partial charge < -0.3 is 9.97 Å². The number of carbonyl (C=O) groups excluding carboxylic acids is 1. The molecule has 1 atom stereocenters. The van der Waals surface area contributed by atoms with Gasteiger partial charge in [-0.1, -0.05) is 60.3 Å². The summed E-state index contributed by atoms with van der Waals surface area (Å²) in [5.41, 5.74) is 3.57. The van der Waals surface area contributed by atoms with Gasteiger partial charge in [0.05, 0.1) is 5.03 Å². The summed E-state index contributed by atoms with van der Waals surface area (Å²) < 4.78 is -0.940. The van der Waals surface area contributed by atoms with Crippen molar-refractivity contribution in [2.45, 2.75) is 21.6 Å². The number of aromatic amines is 2. The molecule has 2 N–H and O–H groups in total. The summed E-state index contributed by atoms with van der Waals surface area (Å²) in [6.45, 7) is 1.84. The van der Waals surface area contributed by atoms with E-state index in [9.17, 15) is 4.79 Å². The Morgan fingerprint density at radius 3 is 2.07 bits per heavy atom. The number of hydrogen-bond donors (Lipinski definition) is 3. The molecule has 0 aliphatic rings. The van der Waals surface area contributed by atoms with Crippen LogP contribution in [0.15, 0.2) is 94.9 Å². The van der Waals surface area contributed by atoms with Crippen LogP contribution in [0.3, 0.4) is 0 Å². The molecule has 0 saturated heterocycles. The number of carbonyl (C=O) groups is 1. The first kappa shape index (κ1) is 19.1. The Kier molecular flexibility index (Phi) is 4.72. The molecular formula is C25H20N2OS2. The van der Waals surface area contributed by atoms with E-state index in [0.717, 1.165) is 32.0 Å². The number of H-pyrrole nitrogens is 2. The van der Waals surface area contributed by atoms with Gasteiger partial charge in [0.2, 0.25) is 0 Å². The third-order valence-corrected chi connectivity index (χ3v) is 6.74. The molecule has 0 amide bonds. The minimum absolute atomic E-state index is 0.0282. The maximum absolute atomic E-state index is 13.2. The summed E-state index contributed by atoms with van der Waals surface area (Å²) in [5.74, 6) is -0.0282. The second-order valence-electron chi connectivity index (χ2n) is 7.52. The summed E-state index contributed by atoms with van der Waals surface area (Å²) in [5, 5.41) is 3.34. The molecule has 30 heavy (non-hydrogen) atoms. The zero-order valence-electron chi connectivity index (χ0n) is 16.3. The van der Waals surface area contributed by atoms with Crippen LogP contribution in [0.2, 0.25) is 0 Å². The number of para-hydroxylation sites is 2. The van der Waals surface area contributed by atoms with Crippen molar-refractivity contribution in [2.75, 3.05) is 0 Å². The van der Waals surface area contributed by atoms with Crippen LogP contribution >= 0.6 is 24.4 Å². The Labute approximate surface area is 184 Å². The average Bonchev–Trinajstić information content (AvgIpc) is 3.37. The van der Waals surface area contributed by atoms with Gasteiger partial charge in [0.1, 0.15) is 4.75 Å². The highest BCUT2D eigenvalue weighted by Crippen LogP contribution is 2.35. The molecule has 2 aromatic heterocycles. The van der Waals surface area contributed by atoms with Crippen molar-refractivity contribution in [2.24, 2.45) is 0 Å². The summed E-state index contributed by atoms with van der Waals surface area (Å²) in [4.78, 5) is 21.1. The van der Waals surface area contributed by atoms with E-state index in [4.69, 9.17) is 12.6 Å². The van der Waals surface area contributed by atoms with E-state index in [1.54, 1.807) is 11.8 Å². The molecule has 148 valence electrons. The molecule has 3 nitrogen and oxygen atoms in total. The molecule has 3 aromatic carbocycles. The normalized spacial score (nSPS) is 13.5. The molecule has 0 aliphatic carbocycles. The highest BCUT2D eigenvalue weighted by Gasteiger charge is 2.33. The Balaban J connectivity index is 1.37. The predicted octanol–water partition coefficient (Wildman–Crippen LogP) is 6.83. The summed E-state index contributed by atoms with van der Waals surface area (Å²) in [7, 11) is 0. The zero-order valence-corrected chi connectivity index (χ0v) is 18.1. The molecular weight excluding hydrogens is 408 g/mol. The van der Waals surface area contributed by atoms with Gasteiger partial charge >= 0.3 is 0 Å². The second kappa shape index (κ2) is 7.42. The van der Waals surface area contributed by atoms with Crippen LogP contribution in [0, 0.1) is 0 Å². The van der Waals surface area contributed by atoms with Crippen LogP contribution in [0.25, 0.3) is 21.8 Å². The quantitative estimate of drug-likeness (QED) is 0.212. The van der Waals surface area contributed by atoms with E-state index in [-0.39, 0.29) is 5.78 Å². The maximum atomic E-state index is 13.2. The minimum Gasteiger partial charge on any atom is -0.357 e. The standard InChI is InChI=1S/C25H20N2OS2/c1-25(29,22-14-17-6-2-4-8-20(17)26-22)24(28)16-10-12-19(13-11-16)30-23-15-18-7-3-5-9-21(18)27-23/h2-15,26-27,29H,1H3. The Morgan fingerprint density at radius 1 is 0.833 bits per heavy atom. The lowest BCUT2D eigenvalue weighted by Gasteiger charge is -2.21. The number of ketones is 1. The molecule has 0 radical (unpaired) electrons. The average molecular weight is 429 g/mol. The molecule has 1 unspecified atom stereocenters. The van der Waals surface area contributed by atoms with Crippen molar-refractivity contribution in [3.63, 3.8) is 0 Å². The monoisotopic (exact) mass is 428 g/mol. The highest BCUT2D eigenvalue weighted by molar-refractivity contribution is 7.99. The Morgan fingerprint density at radius 2 is 1.43 bits per heavy atom. The van der Waals surface area contributed by atoms with E-state index in [1.807, 2.05) is 73.7 Å². The fraction of sp³-hybridized carbons (Fsp3) is 0.0800. The van der Waals surface area contributed by atoms with Crippen LogP contribution < -0.4 is 0 Å². The number of aromatic nitrogens is 2. The third-order valence-electron chi connectivity index (χ3n) is 5.35. The predicted molar refractivity (Wildman–Crippen MR) is 128 cm³/mol. The molecule has 0 bridgehead atoms. The first-order valence-electron chi connectivity index (χ1n) is 9.72. The smallest absolute Gasteiger partial charge is 0.184 e. The lowest BCUT2D eigenvalue weighted by Crippen LogP contribution is -2.27. The molecule has 0 saturated carbocycles. The number of nitrogens with one attached hydrogen (secondary N) is 2. The van der Waals surface area contributed by atoms with Gasteiger partial charge in [-0.15, -0.1) is 0 Å². The Bertz CT molecular complexity index is 1300. The van der Waals surface area contributed by atoms with E-state index >= 15 is 0 Å². The van der Waals surface area contributed by atoms with E-state index in [0.29, 0.717) is 5.56 Å². The lowest BCUT2D eigenvalue weighted by molar-refractivity contribution is 0.0949. The lowest BCUT2D eigenvalue weighted by atomic mass is 9.95. The molecule has 5 rings (SSSR count). The SMILES string of the molecule is CC(S)(C(=O)c1ccc(Sc2cc3ccccc3[nH]2)cc1)c1cc2ccccc2[nH]1. The van der Waals surface area contributed by atoms with Gasteiger partial charge in [-0.05, 0) is 48.7 Å². The minimum atomic E-state index is -0.940. The van der Waals surface area contributed by atoms with Crippen LogP contribution in [-0.4, -0.2) is 15.8 Å². The van der Waals surface area contributed by atoms with Crippen molar-refractivity contribution < 1.29 is 4.79 Å². The number of fused-ring (bicyclic) bond motifs is 2. The van der Waals surface area contributed by atoms with Crippen LogP contribution in [-0.2, 0) is 4.75 Å². The van der Waals surface area contributed by atoms with Crippen molar-refractivity contribution in [1.82, 2.24) is 9.97 Å². The highest BCUT2D eigenvalue weighted by atomic mass is 32.2. The number of benzene rings is 3. The molecule has 0 spiro atoms. The molecule has 0 fully saturated rings. The molecule has 5 aromatic rings. The third kappa shape index (κ3) is 3.44. The number of thiol groups is 1. The number of rotatable bonds is 5. The van der Waals surface area contributed by atoms with Gasteiger partial charge in [-0.3, -0.25) is 4.79 Å². The summed E-state index contributed by atoms with van der Waals surface area (Å²) in [6, 6.07) is 28.1. The number of Topliss-reactive ketones (excluding diaryl/α,β-unsaturated/α-hetero) is 1. The van der Waals surface area contributed by atoms with Crippen molar-refractivity contribution in [3.05, 3.63) is 96.2 Å². The van der Waals surface area contributed by atoms with Crippen LogP contribution in [0.1, 0.15) is 23.0 Å². The zero-order chi connectivity index (χ0) is 20.7. The van der Waals surface area contributed by atoms with Crippen LogP contribution in [0.4, 0.5) is 0 Å². The molecule has 5 heteroatoms. The van der Waals surface area contributed by atoms with Gasteiger partial charge in [0, 0.05) is 32.6 Å². The molecule has 0 aliphatic heterocycles. The topological polar surface area (TPSA) is 48.6 Å². The van der Waals surface area contributed by atoms with Crippen molar-refractivity contribution in [3.8, 4) is 0 Å². The second-order valence-corrected chi connectivity index (χ2v) is 9.53. The van der Waals surface area contributed by atoms with E-state index < -0.39 is 4.75 Å².